The Morgan fingerprint density at radius 3 is 2.15 bits per heavy atom. The molecule has 0 saturated heterocycles. The van der Waals surface area contributed by atoms with Gasteiger partial charge < -0.3 is 9.16 Å². The van der Waals surface area contributed by atoms with E-state index in [0.717, 1.165) is 5.56 Å². The maximum absolute atomic E-state index is 11.9. The molecule has 0 N–H and O–H groups in total. The zero-order chi connectivity index (χ0) is 15.3. The van der Waals surface area contributed by atoms with E-state index in [-0.39, 0.29) is 17.3 Å². The van der Waals surface area contributed by atoms with Gasteiger partial charge >= 0.3 is 5.97 Å². The summed E-state index contributed by atoms with van der Waals surface area (Å²) in [6, 6.07) is 8.18. The zero-order valence-electron chi connectivity index (χ0n) is 13.4. The van der Waals surface area contributed by atoms with E-state index in [0.29, 0.717) is 6.61 Å². The van der Waals surface area contributed by atoms with E-state index in [1.54, 1.807) is 0 Å². The van der Waals surface area contributed by atoms with Gasteiger partial charge in [0.2, 0.25) is 0 Å². The van der Waals surface area contributed by atoms with Crippen LogP contribution >= 0.6 is 0 Å². The lowest BCUT2D eigenvalue weighted by Crippen LogP contribution is -2.23. The first kappa shape index (κ1) is 16.9. The van der Waals surface area contributed by atoms with Crippen LogP contribution in [0.2, 0.25) is 13.1 Å². The van der Waals surface area contributed by atoms with Crippen LogP contribution in [0.5, 0.6) is 0 Å². The second-order valence-electron chi connectivity index (χ2n) is 6.33. The number of ether oxygens (including phenoxy) is 1. The Balaban J connectivity index is 2.93. The summed E-state index contributed by atoms with van der Waals surface area (Å²) in [6.45, 7) is 11.1. The smallest absolute Gasteiger partial charge is 0.315 e. The van der Waals surface area contributed by atoms with Crippen molar-refractivity contribution in [1.29, 1.82) is 0 Å². The molecule has 0 heterocycles. The first-order valence-corrected chi connectivity index (χ1v) is 9.83. The van der Waals surface area contributed by atoms with Gasteiger partial charge in [0.05, 0.1) is 13.7 Å². The molecule has 0 aliphatic carbocycles. The number of esters is 1. The molecule has 0 fully saturated rings. The van der Waals surface area contributed by atoms with Gasteiger partial charge in [-0.2, -0.15) is 0 Å². The van der Waals surface area contributed by atoms with Gasteiger partial charge in [-0.15, -0.1) is 0 Å². The maximum Gasteiger partial charge on any atom is 0.315 e. The van der Waals surface area contributed by atoms with Crippen molar-refractivity contribution < 1.29 is 14.0 Å². The van der Waals surface area contributed by atoms with Crippen LogP contribution < -0.4 is 0 Å². The van der Waals surface area contributed by atoms with Crippen LogP contribution in [-0.4, -0.2) is 28.7 Å². The molecule has 0 aliphatic heterocycles. The fourth-order valence-electron chi connectivity index (χ4n) is 1.95. The molecule has 3 nitrogen and oxygen atoms in total. The third-order valence-corrected chi connectivity index (χ3v) is 4.12. The number of hydrogen-bond acceptors (Lipinski definition) is 3. The minimum Gasteiger partial charge on any atom is -0.468 e. The Kier molecular flexibility index (Phi) is 5.96. The third kappa shape index (κ3) is 4.76. The summed E-state index contributed by atoms with van der Waals surface area (Å²) >= 11 is 0. The van der Waals surface area contributed by atoms with E-state index in [2.05, 4.69) is 46.0 Å². The molecule has 0 aliphatic rings. The van der Waals surface area contributed by atoms with Crippen molar-refractivity contribution in [2.45, 2.75) is 45.2 Å². The number of rotatable bonds is 5. The highest BCUT2D eigenvalue weighted by Crippen LogP contribution is 2.25. The molecule has 1 aromatic carbocycles. The van der Waals surface area contributed by atoms with Gasteiger partial charge in [0.15, 0.2) is 9.04 Å². The number of carbonyl (C=O) groups is 1. The molecule has 1 atom stereocenters. The van der Waals surface area contributed by atoms with Gasteiger partial charge in [0.1, 0.15) is 5.92 Å². The van der Waals surface area contributed by atoms with Gasteiger partial charge in [0, 0.05) is 0 Å². The first-order valence-electron chi connectivity index (χ1n) is 7.05. The highest BCUT2D eigenvalue weighted by Gasteiger charge is 2.23. The normalized spacial score (nSPS) is 13.3. The maximum atomic E-state index is 11.9. The van der Waals surface area contributed by atoms with Crippen LogP contribution in [0.4, 0.5) is 0 Å². The number of carbonyl (C=O) groups excluding carboxylic acids is 1. The monoisotopic (exact) mass is 294 g/mol. The topological polar surface area (TPSA) is 35.5 Å². The van der Waals surface area contributed by atoms with E-state index in [1.807, 2.05) is 12.1 Å². The Morgan fingerprint density at radius 2 is 1.75 bits per heavy atom. The molecule has 0 aromatic heterocycles. The van der Waals surface area contributed by atoms with Crippen LogP contribution in [0.25, 0.3) is 0 Å². The average Bonchev–Trinajstić information content (AvgIpc) is 2.37. The standard InChI is InChI=1S/C16H26O3Si/c1-16(2,3)13-9-7-12(8-10-13)14(15(17)18-4)11-19-20(5)6/h7-10,14,20H,11H2,1-6H3. The number of benzene rings is 1. The zero-order valence-corrected chi connectivity index (χ0v) is 14.6. The van der Waals surface area contributed by atoms with Crippen LogP contribution in [0.3, 0.4) is 0 Å². The molecule has 1 rings (SSSR count). The van der Waals surface area contributed by atoms with Crippen molar-refractivity contribution in [3.05, 3.63) is 35.4 Å². The molecule has 4 heteroatoms. The Hall–Kier alpha value is -1.13. The van der Waals surface area contributed by atoms with Crippen LogP contribution in [0.15, 0.2) is 24.3 Å². The third-order valence-electron chi connectivity index (χ3n) is 3.26. The van der Waals surface area contributed by atoms with Crippen LogP contribution in [0, 0.1) is 0 Å². The van der Waals surface area contributed by atoms with Gasteiger partial charge in [-0.25, -0.2) is 0 Å². The van der Waals surface area contributed by atoms with E-state index in [9.17, 15) is 4.79 Å². The van der Waals surface area contributed by atoms with E-state index >= 15 is 0 Å². The molecule has 0 bridgehead atoms. The van der Waals surface area contributed by atoms with Crippen molar-refractivity contribution in [3.63, 3.8) is 0 Å². The molecule has 0 spiro atoms. The van der Waals surface area contributed by atoms with Gasteiger partial charge in [-0.05, 0) is 29.6 Å². The lowest BCUT2D eigenvalue weighted by atomic mass is 9.85. The Bertz CT molecular complexity index is 432. The first-order chi connectivity index (χ1) is 9.25. The summed E-state index contributed by atoms with van der Waals surface area (Å²) in [4.78, 5) is 11.9. The molecular weight excluding hydrogens is 268 g/mol. The lowest BCUT2D eigenvalue weighted by molar-refractivity contribution is -0.143. The van der Waals surface area contributed by atoms with Crippen molar-refractivity contribution in [1.82, 2.24) is 0 Å². The molecular formula is C16H26O3Si. The molecule has 0 saturated carbocycles. The minimum atomic E-state index is -1.15. The van der Waals surface area contributed by atoms with Crippen molar-refractivity contribution >= 4 is 15.0 Å². The van der Waals surface area contributed by atoms with Crippen molar-refractivity contribution in [2.24, 2.45) is 0 Å². The highest BCUT2D eigenvalue weighted by atomic mass is 28.3. The fraction of sp³-hybridized carbons (Fsp3) is 0.562. The number of methoxy groups -OCH3 is 1. The average molecular weight is 294 g/mol. The van der Waals surface area contributed by atoms with E-state index in [4.69, 9.17) is 9.16 Å². The summed E-state index contributed by atoms with van der Waals surface area (Å²) < 4.78 is 10.6. The second-order valence-corrected chi connectivity index (χ2v) is 8.76. The minimum absolute atomic E-state index is 0.112. The summed E-state index contributed by atoms with van der Waals surface area (Å²) in [5.74, 6) is -0.563. The number of hydrogen-bond donors (Lipinski definition) is 0. The van der Waals surface area contributed by atoms with Crippen molar-refractivity contribution in [3.8, 4) is 0 Å². The molecule has 112 valence electrons. The largest absolute Gasteiger partial charge is 0.468 e. The predicted octanol–water partition coefficient (Wildman–Crippen LogP) is 3.24. The Morgan fingerprint density at radius 1 is 1.20 bits per heavy atom. The SMILES string of the molecule is COC(=O)C(CO[SiH](C)C)c1ccc(C(C)(C)C)cc1. The highest BCUT2D eigenvalue weighted by molar-refractivity contribution is 6.48. The summed E-state index contributed by atoms with van der Waals surface area (Å²) in [6.07, 6.45) is 0. The van der Waals surface area contributed by atoms with Gasteiger partial charge in [-0.3, -0.25) is 4.79 Å². The van der Waals surface area contributed by atoms with Gasteiger partial charge in [0.25, 0.3) is 0 Å². The summed E-state index contributed by atoms with van der Waals surface area (Å²) in [5, 5.41) is 0. The molecule has 0 amide bonds. The lowest BCUT2D eigenvalue weighted by Gasteiger charge is -2.21. The fourth-order valence-corrected chi connectivity index (χ4v) is 2.52. The van der Waals surface area contributed by atoms with Crippen LogP contribution in [-0.2, 0) is 19.4 Å². The predicted molar refractivity (Wildman–Crippen MR) is 84.7 cm³/mol. The quantitative estimate of drug-likeness (QED) is 0.618. The Labute approximate surface area is 124 Å². The van der Waals surface area contributed by atoms with E-state index < -0.39 is 9.04 Å². The molecule has 1 aromatic rings. The van der Waals surface area contributed by atoms with Crippen molar-refractivity contribution in [2.75, 3.05) is 13.7 Å². The van der Waals surface area contributed by atoms with Gasteiger partial charge in [-0.1, -0.05) is 45.0 Å². The second kappa shape index (κ2) is 7.04. The molecule has 1 unspecified atom stereocenters. The summed E-state index contributed by atoms with van der Waals surface area (Å²) in [5.41, 5.74) is 2.32. The van der Waals surface area contributed by atoms with Crippen LogP contribution in [0.1, 0.15) is 37.8 Å². The molecule has 0 radical (unpaired) electrons. The summed E-state index contributed by atoms with van der Waals surface area (Å²) in [7, 11) is 0.275. The molecule has 20 heavy (non-hydrogen) atoms. The van der Waals surface area contributed by atoms with E-state index in [1.165, 1.54) is 12.7 Å².